The second-order valence-electron chi connectivity index (χ2n) is 4.83. The smallest absolute Gasteiger partial charge is 0.130 e. The van der Waals surface area contributed by atoms with E-state index in [1.165, 1.54) is 12.1 Å². The Morgan fingerprint density at radius 1 is 1.14 bits per heavy atom. The van der Waals surface area contributed by atoms with Crippen molar-refractivity contribution in [3.8, 4) is 5.75 Å². The molecule has 0 heterocycles. The number of methoxy groups -OCH3 is 1. The zero-order chi connectivity index (χ0) is 15.2. The first-order valence-electron chi connectivity index (χ1n) is 6.95. The summed E-state index contributed by atoms with van der Waals surface area (Å²) in [6.07, 6.45) is 0.605. The predicted molar refractivity (Wildman–Crippen MR) is 79.5 cm³/mol. The highest BCUT2D eigenvalue weighted by molar-refractivity contribution is 5.31. The third-order valence-electron chi connectivity index (χ3n) is 3.36. The molecule has 0 aliphatic rings. The molecule has 1 atom stereocenters. The number of rotatable bonds is 6. The van der Waals surface area contributed by atoms with E-state index in [9.17, 15) is 8.78 Å². The highest BCUT2D eigenvalue weighted by Gasteiger charge is 2.16. The van der Waals surface area contributed by atoms with E-state index in [0.717, 1.165) is 17.4 Å². The molecule has 1 unspecified atom stereocenters. The van der Waals surface area contributed by atoms with E-state index < -0.39 is 11.6 Å². The van der Waals surface area contributed by atoms with Gasteiger partial charge in [0.25, 0.3) is 0 Å². The summed E-state index contributed by atoms with van der Waals surface area (Å²) in [7, 11) is 1.61. The fourth-order valence-electron chi connectivity index (χ4n) is 2.36. The average Bonchev–Trinajstić information content (AvgIpc) is 2.47. The Morgan fingerprint density at radius 2 is 1.95 bits per heavy atom. The molecule has 0 fully saturated rings. The molecule has 2 aromatic rings. The summed E-state index contributed by atoms with van der Waals surface area (Å²) in [6.45, 7) is 2.66. The van der Waals surface area contributed by atoms with Gasteiger partial charge in [-0.3, -0.25) is 0 Å². The minimum Gasteiger partial charge on any atom is -0.497 e. The van der Waals surface area contributed by atoms with Crippen LogP contribution >= 0.6 is 0 Å². The highest BCUT2D eigenvalue weighted by atomic mass is 19.1. The van der Waals surface area contributed by atoms with Crippen LogP contribution in [0.4, 0.5) is 8.78 Å². The summed E-state index contributed by atoms with van der Waals surface area (Å²) in [5.74, 6) is -0.320. The van der Waals surface area contributed by atoms with Crippen molar-refractivity contribution in [2.75, 3.05) is 13.7 Å². The summed E-state index contributed by atoms with van der Waals surface area (Å²) in [6, 6.07) is 11.2. The third-order valence-corrected chi connectivity index (χ3v) is 3.36. The van der Waals surface area contributed by atoms with Crippen molar-refractivity contribution in [2.24, 2.45) is 0 Å². The molecule has 0 aliphatic carbocycles. The second-order valence-corrected chi connectivity index (χ2v) is 4.83. The monoisotopic (exact) mass is 291 g/mol. The van der Waals surface area contributed by atoms with Gasteiger partial charge in [0.1, 0.15) is 17.4 Å². The second kappa shape index (κ2) is 7.18. The van der Waals surface area contributed by atoms with Gasteiger partial charge in [0, 0.05) is 17.7 Å². The Kier molecular flexibility index (Phi) is 5.28. The maximum absolute atomic E-state index is 14.0. The van der Waals surface area contributed by atoms with Crippen LogP contribution < -0.4 is 10.1 Å². The van der Waals surface area contributed by atoms with Crippen LogP contribution in [-0.2, 0) is 6.42 Å². The molecular weight excluding hydrogens is 272 g/mol. The van der Waals surface area contributed by atoms with Crippen LogP contribution in [0.3, 0.4) is 0 Å². The number of benzene rings is 2. The minimum absolute atomic E-state index is 0.206. The first-order valence-corrected chi connectivity index (χ1v) is 6.95. The van der Waals surface area contributed by atoms with Gasteiger partial charge >= 0.3 is 0 Å². The Labute approximate surface area is 123 Å². The molecule has 21 heavy (non-hydrogen) atoms. The lowest BCUT2D eigenvalue weighted by Crippen LogP contribution is -2.24. The van der Waals surface area contributed by atoms with Crippen LogP contribution in [0.25, 0.3) is 0 Å². The van der Waals surface area contributed by atoms with Gasteiger partial charge in [-0.2, -0.15) is 0 Å². The van der Waals surface area contributed by atoms with Gasteiger partial charge in [-0.15, -0.1) is 0 Å². The Bertz CT molecular complexity index is 601. The summed E-state index contributed by atoms with van der Waals surface area (Å²) in [5.41, 5.74) is 1.50. The van der Waals surface area contributed by atoms with Crippen molar-refractivity contribution in [2.45, 2.75) is 19.4 Å². The molecule has 0 saturated heterocycles. The van der Waals surface area contributed by atoms with Crippen LogP contribution in [-0.4, -0.2) is 13.7 Å². The van der Waals surface area contributed by atoms with Crippen molar-refractivity contribution in [1.82, 2.24) is 5.32 Å². The van der Waals surface area contributed by atoms with Crippen LogP contribution in [0.2, 0.25) is 0 Å². The average molecular weight is 291 g/mol. The van der Waals surface area contributed by atoms with E-state index in [1.807, 2.05) is 31.2 Å². The third kappa shape index (κ3) is 4.02. The van der Waals surface area contributed by atoms with E-state index in [4.69, 9.17) is 4.74 Å². The molecule has 0 spiro atoms. The minimum atomic E-state index is -0.562. The molecule has 0 radical (unpaired) electrons. The first-order chi connectivity index (χ1) is 10.1. The lowest BCUT2D eigenvalue weighted by molar-refractivity contribution is 0.413. The summed E-state index contributed by atoms with van der Waals surface area (Å²) >= 11 is 0. The predicted octanol–water partition coefficient (Wildman–Crippen LogP) is 3.87. The van der Waals surface area contributed by atoms with Crippen molar-refractivity contribution >= 4 is 0 Å². The van der Waals surface area contributed by atoms with Gasteiger partial charge in [-0.25, -0.2) is 8.78 Å². The maximum atomic E-state index is 14.0. The summed E-state index contributed by atoms with van der Waals surface area (Å²) in [5, 5.41) is 3.24. The van der Waals surface area contributed by atoms with Crippen LogP contribution in [0.1, 0.15) is 24.1 Å². The number of halogens is 2. The van der Waals surface area contributed by atoms with Crippen LogP contribution in [0, 0.1) is 11.6 Å². The number of likely N-dealkylation sites (N-methyl/N-ethyl adjacent to an activating group) is 1. The normalized spacial score (nSPS) is 12.2. The molecular formula is C17H19F2NO. The molecule has 2 nitrogen and oxygen atoms in total. The Balaban J connectivity index is 2.26. The number of hydrogen-bond acceptors (Lipinski definition) is 2. The number of ether oxygens (including phenoxy) is 1. The Hall–Kier alpha value is -1.94. The summed E-state index contributed by atoms with van der Waals surface area (Å²) in [4.78, 5) is 0. The summed E-state index contributed by atoms with van der Waals surface area (Å²) < 4.78 is 32.2. The van der Waals surface area contributed by atoms with Gasteiger partial charge in [0.2, 0.25) is 0 Å². The van der Waals surface area contributed by atoms with Crippen molar-refractivity contribution < 1.29 is 13.5 Å². The molecule has 0 bridgehead atoms. The van der Waals surface area contributed by atoms with Gasteiger partial charge in [-0.1, -0.05) is 25.1 Å². The van der Waals surface area contributed by atoms with Crippen molar-refractivity contribution in [1.29, 1.82) is 0 Å². The van der Waals surface area contributed by atoms with Gasteiger partial charge in [0.05, 0.1) is 7.11 Å². The van der Waals surface area contributed by atoms with E-state index in [2.05, 4.69) is 5.32 Å². The molecule has 0 aromatic heterocycles. The highest BCUT2D eigenvalue weighted by Crippen LogP contribution is 2.23. The fraction of sp³-hybridized carbons (Fsp3) is 0.294. The lowest BCUT2D eigenvalue weighted by atomic mass is 9.98. The lowest BCUT2D eigenvalue weighted by Gasteiger charge is -2.19. The maximum Gasteiger partial charge on any atom is 0.130 e. The van der Waals surface area contributed by atoms with Crippen molar-refractivity contribution in [3.05, 3.63) is 65.2 Å². The van der Waals surface area contributed by atoms with Crippen LogP contribution in [0.15, 0.2) is 42.5 Å². The molecule has 0 aliphatic heterocycles. The fourth-order valence-corrected chi connectivity index (χ4v) is 2.36. The van der Waals surface area contributed by atoms with E-state index in [-0.39, 0.29) is 6.04 Å². The number of nitrogens with one attached hydrogen (secondary N) is 1. The topological polar surface area (TPSA) is 21.3 Å². The zero-order valence-corrected chi connectivity index (χ0v) is 12.2. The molecule has 2 aromatic carbocycles. The molecule has 2 rings (SSSR count). The van der Waals surface area contributed by atoms with Gasteiger partial charge < -0.3 is 10.1 Å². The zero-order valence-electron chi connectivity index (χ0n) is 12.2. The molecule has 0 saturated carbocycles. The standard InChI is InChI=1S/C17H19F2NO/c1-3-20-17(15-8-7-13(18)11-16(15)19)10-12-5-4-6-14(9-12)21-2/h4-9,11,17,20H,3,10H2,1-2H3. The number of hydrogen-bond donors (Lipinski definition) is 1. The van der Waals surface area contributed by atoms with Gasteiger partial charge in [-0.05, 0) is 36.7 Å². The van der Waals surface area contributed by atoms with Crippen molar-refractivity contribution in [3.63, 3.8) is 0 Å². The van der Waals surface area contributed by atoms with E-state index in [0.29, 0.717) is 18.5 Å². The Morgan fingerprint density at radius 3 is 2.62 bits per heavy atom. The van der Waals surface area contributed by atoms with E-state index in [1.54, 1.807) is 7.11 Å². The molecule has 112 valence electrons. The first kappa shape index (κ1) is 15.4. The molecule has 1 N–H and O–H groups in total. The molecule has 4 heteroatoms. The quantitative estimate of drug-likeness (QED) is 0.872. The van der Waals surface area contributed by atoms with Crippen LogP contribution in [0.5, 0.6) is 5.75 Å². The van der Waals surface area contributed by atoms with Gasteiger partial charge in [0.15, 0.2) is 0 Å². The molecule has 0 amide bonds. The largest absolute Gasteiger partial charge is 0.497 e. The SMILES string of the molecule is CCNC(Cc1cccc(OC)c1)c1ccc(F)cc1F. The van der Waals surface area contributed by atoms with E-state index >= 15 is 0 Å².